The number of carbonyl (C=O) groups is 4. The molecule has 0 aromatic carbocycles. The molecule has 0 heterocycles. The lowest BCUT2D eigenvalue weighted by atomic mass is 10.2. The Bertz CT molecular complexity index is 578. The van der Waals surface area contributed by atoms with Gasteiger partial charge in [0.25, 0.3) is 11.8 Å². The Hall–Kier alpha value is -2.16. The van der Waals surface area contributed by atoms with Crippen LogP contribution in [0.1, 0.15) is 41.5 Å². The monoisotopic (exact) mass is 401 g/mol. The van der Waals surface area contributed by atoms with Gasteiger partial charge in [-0.2, -0.15) is 0 Å². The number of likely N-dealkylation sites (N-methyl/N-ethyl adjacent to an activating group) is 3. The van der Waals surface area contributed by atoms with Crippen molar-refractivity contribution in [2.24, 2.45) is 0 Å². The van der Waals surface area contributed by atoms with Crippen molar-refractivity contribution < 1.29 is 28.7 Å². The van der Waals surface area contributed by atoms with E-state index in [4.69, 9.17) is 9.47 Å². The number of rotatable bonds is 9. The van der Waals surface area contributed by atoms with E-state index >= 15 is 0 Å². The summed E-state index contributed by atoms with van der Waals surface area (Å²) < 4.78 is 10.4. The molecule has 0 aliphatic rings. The molecule has 0 fully saturated rings. The van der Waals surface area contributed by atoms with Gasteiger partial charge in [-0.3, -0.25) is 19.3 Å². The summed E-state index contributed by atoms with van der Waals surface area (Å²) in [6.07, 6.45) is -2.02. The van der Waals surface area contributed by atoms with Gasteiger partial charge in [0.05, 0.1) is 0 Å². The highest BCUT2D eigenvalue weighted by atomic mass is 16.6. The number of carbonyl (C=O) groups excluding carboxylic acids is 4. The van der Waals surface area contributed by atoms with Crippen LogP contribution in [0.4, 0.5) is 0 Å². The molecule has 9 heteroatoms. The molecule has 0 aromatic rings. The fraction of sp³-hybridized carbons (Fsp3) is 0.789. The number of amides is 2. The third-order valence-corrected chi connectivity index (χ3v) is 4.79. The number of esters is 2. The van der Waals surface area contributed by atoms with Crippen molar-refractivity contribution in [2.45, 2.75) is 71.9 Å². The van der Waals surface area contributed by atoms with Crippen LogP contribution < -0.4 is 0 Å². The first-order valence-electron chi connectivity index (χ1n) is 9.33. The fourth-order valence-corrected chi connectivity index (χ4v) is 2.03. The first kappa shape index (κ1) is 25.8. The van der Waals surface area contributed by atoms with Gasteiger partial charge >= 0.3 is 11.9 Å². The minimum atomic E-state index is -1.05. The van der Waals surface area contributed by atoms with E-state index in [2.05, 4.69) is 0 Å². The third-order valence-electron chi connectivity index (χ3n) is 4.79. The van der Waals surface area contributed by atoms with Crippen LogP contribution in [0.2, 0.25) is 0 Å². The summed E-state index contributed by atoms with van der Waals surface area (Å²) in [5, 5.41) is 0. The van der Waals surface area contributed by atoms with Crippen LogP contribution in [0.3, 0.4) is 0 Å². The molecular formula is C19H35N3O6. The molecule has 0 rings (SSSR count). The van der Waals surface area contributed by atoms with Crippen molar-refractivity contribution in [1.82, 2.24) is 14.7 Å². The molecule has 0 saturated carbocycles. The Morgan fingerprint density at radius 3 is 1.32 bits per heavy atom. The van der Waals surface area contributed by atoms with Crippen LogP contribution in [-0.4, -0.2) is 97.0 Å². The lowest BCUT2D eigenvalue weighted by Crippen LogP contribution is -2.49. The molecule has 0 aliphatic carbocycles. The molecule has 0 aromatic heterocycles. The second kappa shape index (κ2) is 11.0. The summed E-state index contributed by atoms with van der Waals surface area (Å²) in [6, 6.07) is -1.48. The van der Waals surface area contributed by atoms with E-state index < -0.39 is 42.1 Å². The van der Waals surface area contributed by atoms with Crippen molar-refractivity contribution in [3.63, 3.8) is 0 Å². The predicted octanol–water partition coefficient (Wildman–Crippen LogP) is 0.514. The van der Waals surface area contributed by atoms with Crippen LogP contribution in [0, 0.1) is 0 Å². The first-order chi connectivity index (χ1) is 12.7. The van der Waals surface area contributed by atoms with Crippen molar-refractivity contribution in [1.29, 1.82) is 0 Å². The molecule has 162 valence electrons. The van der Waals surface area contributed by atoms with Crippen LogP contribution in [0.15, 0.2) is 0 Å². The zero-order chi connectivity index (χ0) is 22.3. The molecule has 0 bridgehead atoms. The molecule has 0 saturated heterocycles. The van der Waals surface area contributed by atoms with E-state index in [-0.39, 0.29) is 11.9 Å². The molecule has 0 radical (unpaired) electrons. The van der Waals surface area contributed by atoms with E-state index in [9.17, 15) is 19.2 Å². The Morgan fingerprint density at radius 1 is 0.607 bits per heavy atom. The summed E-state index contributed by atoms with van der Waals surface area (Å²) in [6.45, 7) is 9.78. The quantitative estimate of drug-likeness (QED) is 0.520. The molecule has 4 atom stereocenters. The number of hydrogen-bond donors (Lipinski definition) is 0. The van der Waals surface area contributed by atoms with E-state index in [1.165, 1.54) is 32.7 Å². The Kier molecular flexibility index (Phi) is 10.1. The van der Waals surface area contributed by atoms with Crippen LogP contribution >= 0.6 is 0 Å². The predicted molar refractivity (Wildman–Crippen MR) is 104 cm³/mol. The van der Waals surface area contributed by atoms with Gasteiger partial charge in [-0.1, -0.05) is 0 Å². The lowest BCUT2D eigenvalue weighted by molar-refractivity contribution is -0.168. The highest BCUT2D eigenvalue weighted by Gasteiger charge is 2.32. The van der Waals surface area contributed by atoms with E-state index in [0.29, 0.717) is 0 Å². The van der Waals surface area contributed by atoms with Crippen molar-refractivity contribution in [3.05, 3.63) is 0 Å². The van der Waals surface area contributed by atoms with Crippen LogP contribution in [-0.2, 0) is 28.7 Å². The van der Waals surface area contributed by atoms with Gasteiger partial charge in [0.2, 0.25) is 0 Å². The van der Waals surface area contributed by atoms with E-state index in [0.717, 1.165) is 4.90 Å². The van der Waals surface area contributed by atoms with Gasteiger partial charge in [-0.15, -0.1) is 0 Å². The normalized spacial score (nSPS) is 15.4. The number of ether oxygens (including phenoxy) is 2. The maximum atomic E-state index is 12.5. The first-order valence-corrected chi connectivity index (χ1v) is 9.33. The summed E-state index contributed by atoms with van der Waals surface area (Å²) >= 11 is 0. The van der Waals surface area contributed by atoms with Crippen molar-refractivity contribution in [3.8, 4) is 0 Å². The lowest BCUT2D eigenvalue weighted by Gasteiger charge is -2.29. The summed E-state index contributed by atoms with van der Waals surface area (Å²) in [5.41, 5.74) is 0. The molecule has 0 N–H and O–H groups in total. The molecule has 0 aliphatic heterocycles. The topological polar surface area (TPSA) is 96.5 Å². The maximum absolute atomic E-state index is 12.5. The molecular weight excluding hydrogens is 366 g/mol. The molecule has 9 nitrogen and oxygen atoms in total. The standard InChI is InChI=1S/C19H35N3O6/c1-11(2)21(9)16(23)14(5)28-19(26)13(4)22(10)17(24)15(6)27-18(25)12(3)20(7)8/h11-15H,1-10H3. The number of hydrogen-bond acceptors (Lipinski definition) is 7. The highest BCUT2D eigenvalue weighted by molar-refractivity contribution is 5.89. The van der Waals surface area contributed by atoms with Crippen LogP contribution in [0.5, 0.6) is 0 Å². The minimum Gasteiger partial charge on any atom is -0.451 e. The van der Waals surface area contributed by atoms with Gasteiger partial charge in [0, 0.05) is 20.1 Å². The van der Waals surface area contributed by atoms with Gasteiger partial charge in [0.15, 0.2) is 12.2 Å². The number of nitrogens with zero attached hydrogens (tertiary/aromatic N) is 3. The second-order valence-electron chi connectivity index (χ2n) is 7.47. The van der Waals surface area contributed by atoms with Crippen molar-refractivity contribution >= 4 is 23.8 Å². The van der Waals surface area contributed by atoms with Gasteiger partial charge in [0.1, 0.15) is 12.1 Å². The third kappa shape index (κ3) is 7.10. The van der Waals surface area contributed by atoms with Gasteiger partial charge < -0.3 is 19.3 Å². The molecule has 28 heavy (non-hydrogen) atoms. The largest absolute Gasteiger partial charge is 0.451 e. The Morgan fingerprint density at radius 2 is 0.964 bits per heavy atom. The minimum absolute atomic E-state index is 0.0320. The smallest absolute Gasteiger partial charge is 0.329 e. The summed E-state index contributed by atoms with van der Waals surface area (Å²) in [5.74, 6) is -2.12. The highest BCUT2D eigenvalue weighted by Crippen LogP contribution is 2.09. The van der Waals surface area contributed by atoms with Crippen LogP contribution in [0.25, 0.3) is 0 Å². The SMILES string of the molecule is CC(OC(=O)C(C)N(C)C(=O)C(C)OC(=O)C(C)N(C)C)C(=O)N(C)C(C)C. The summed E-state index contributed by atoms with van der Waals surface area (Å²) in [7, 11) is 6.49. The Balaban J connectivity index is 4.88. The average Bonchev–Trinajstić information content (AvgIpc) is 2.63. The molecule has 2 amide bonds. The van der Waals surface area contributed by atoms with Gasteiger partial charge in [-0.25, -0.2) is 4.79 Å². The second-order valence-corrected chi connectivity index (χ2v) is 7.47. The van der Waals surface area contributed by atoms with E-state index in [1.807, 2.05) is 13.8 Å². The van der Waals surface area contributed by atoms with Crippen molar-refractivity contribution in [2.75, 3.05) is 28.2 Å². The van der Waals surface area contributed by atoms with Gasteiger partial charge in [-0.05, 0) is 55.6 Å². The summed E-state index contributed by atoms with van der Waals surface area (Å²) in [4.78, 5) is 53.3. The average molecular weight is 402 g/mol. The molecule has 4 unspecified atom stereocenters. The molecule has 0 spiro atoms. The Labute approximate surface area is 167 Å². The van der Waals surface area contributed by atoms with E-state index in [1.54, 1.807) is 33.0 Å². The zero-order valence-corrected chi connectivity index (χ0v) is 18.7. The fourth-order valence-electron chi connectivity index (χ4n) is 2.03. The maximum Gasteiger partial charge on any atom is 0.329 e. The zero-order valence-electron chi connectivity index (χ0n) is 18.7.